The highest BCUT2D eigenvalue weighted by atomic mass is 16.6. The minimum atomic E-state index is -1.92. The van der Waals surface area contributed by atoms with Crippen LogP contribution in [0.15, 0.2) is 36.5 Å². The van der Waals surface area contributed by atoms with Gasteiger partial charge in [-0.15, -0.1) is 0 Å². The van der Waals surface area contributed by atoms with E-state index in [2.05, 4.69) is 9.72 Å². The number of aromatic nitrogens is 1. The highest BCUT2D eigenvalue weighted by Gasteiger charge is 2.46. The van der Waals surface area contributed by atoms with Gasteiger partial charge in [-0.25, -0.2) is 9.78 Å². The topological polar surface area (TPSA) is 132 Å². The highest BCUT2D eigenvalue weighted by molar-refractivity contribution is 6.09. The average molecular weight is 413 g/mol. The molecule has 30 heavy (non-hydrogen) atoms. The van der Waals surface area contributed by atoms with Gasteiger partial charge in [0, 0.05) is 18.2 Å². The van der Waals surface area contributed by atoms with Gasteiger partial charge in [0.15, 0.2) is 6.10 Å². The smallest absolute Gasteiger partial charge is 0.343 e. The van der Waals surface area contributed by atoms with Crippen LogP contribution in [0.5, 0.6) is 11.6 Å². The van der Waals surface area contributed by atoms with Crippen molar-refractivity contribution < 1.29 is 38.8 Å². The molecular formula is C21H19NO8. The van der Waals surface area contributed by atoms with Crippen molar-refractivity contribution in [2.75, 3.05) is 6.61 Å². The minimum Gasteiger partial charge on any atom is -0.462 e. The highest BCUT2D eigenvalue weighted by Crippen LogP contribution is 2.36. The number of nitrogens with zero attached hydrogens (tertiary/aromatic N) is 1. The van der Waals surface area contributed by atoms with Crippen LogP contribution in [-0.2, 0) is 30.3 Å². The van der Waals surface area contributed by atoms with Gasteiger partial charge in [0.2, 0.25) is 17.8 Å². The summed E-state index contributed by atoms with van der Waals surface area (Å²) in [6.45, 7) is 1.08. The van der Waals surface area contributed by atoms with Gasteiger partial charge >= 0.3 is 11.9 Å². The van der Waals surface area contributed by atoms with Gasteiger partial charge in [-0.3, -0.25) is 9.59 Å². The van der Waals surface area contributed by atoms with Gasteiger partial charge in [-0.1, -0.05) is 18.2 Å². The lowest BCUT2D eigenvalue weighted by Gasteiger charge is -2.21. The van der Waals surface area contributed by atoms with Crippen molar-refractivity contribution in [3.8, 4) is 11.6 Å². The van der Waals surface area contributed by atoms with E-state index in [1.807, 2.05) is 18.2 Å². The fraction of sp³-hybridized carbons (Fsp3) is 0.333. The maximum absolute atomic E-state index is 12.4. The van der Waals surface area contributed by atoms with E-state index in [0.29, 0.717) is 23.6 Å². The second kappa shape index (κ2) is 7.85. The van der Waals surface area contributed by atoms with Crippen molar-refractivity contribution in [3.63, 3.8) is 0 Å². The normalized spacial score (nSPS) is 21.7. The number of carbonyl (C=O) groups is 3. The zero-order valence-electron chi connectivity index (χ0n) is 16.0. The Kier molecular flexibility index (Phi) is 5.23. The monoisotopic (exact) mass is 413 g/mol. The van der Waals surface area contributed by atoms with Crippen LogP contribution in [0.2, 0.25) is 0 Å². The number of benzene rings is 1. The third kappa shape index (κ3) is 3.64. The summed E-state index contributed by atoms with van der Waals surface area (Å²) in [7, 11) is 0. The molecule has 2 aliphatic heterocycles. The van der Waals surface area contributed by atoms with Crippen molar-refractivity contribution in [1.82, 2.24) is 4.98 Å². The molecule has 156 valence electrons. The van der Waals surface area contributed by atoms with E-state index in [9.17, 15) is 24.6 Å². The van der Waals surface area contributed by atoms with Crippen LogP contribution < -0.4 is 4.74 Å². The van der Waals surface area contributed by atoms with E-state index in [1.54, 1.807) is 25.3 Å². The number of carbonyl (C=O) groups excluding carboxylic acids is 3. The molecule has 0 radical (unpaired) electrons. The number of aliphatic hydroxyl groups is 2. The number of cyclic esters (lactones) is 1. The van der Waals surface area contributed by atoms with Crippen LogP contribution in [-0.4, -0.2) is 57.8 Å². The first-order valence-electron chi connectivity index (χ1n) is 9.36. The van der Waals surface area contributed by atoms with Gasteiger partial charge in [0.25, 0.3) is 0 Å². The Hall–Kier alpha value is -3.30. The number of rotatable bonds is 5. The summed E-state index contributed by atoms with van der Waals surface area (Å²) in [6, 6.07) is 9.19. The number of hydrogen-bond donors (Lipinski definition) is 2. The second-order valence-corrected chi connectivity index (χ2v) is 7.20. The SMILES string of the molecule is CC(C(=O)OC[C@H](O)[C@H]1OC(=O)C(O)C1=O)c1ccc2c(c1)Oc1ncccc1C2. The molecule has 2 unspecified atom stereocenters. The minimum absolute atomic E-state index is 0.526. The number of esters is 2. The molecule has 0 aliphatic carbocycles. The summed E-state index contributed by atoms with van der Waals surface area (Å²) in [5, 5.41) is 19.3. The number of pyridine rings is 1. The molecule has 9 nitrogen and oxygen atoms in total. The molecule has 3 heterocycles. The van der Waals surface area contributed by atoms with Gasteiger partial charge in [-0.2, -0.15) is 0 Å². The van der Waals surface area contributed by atoms with E-state index >= 15 is 0 Å². The van der Waals surface area contributed by atoms with Crippen molar-refractivity contribution >= 4 is 17.7 Å². The lowest BCUT2D eigenvalue weighted by atomic mass is 9.96. The summed E-state index contributed by atoms with van der Waals surface area (Å²) in [5.41, 5.74) is 2.59. The first-order valence-corrected chi connectivity index (χ1v) is 9.36. The predicted molar refractivity (Wildman–Crippen MR) is 99.8 cm³/mol. The summed E-state index contributed by atoms with van der Waals surface area (Å²) < 4.78 is 15.5. The average Bonchev–Trinajstić information content (AvgIpc) is 3.02. The van der Waals surface area contributed by atoms with Crippen LogP contribution in [0.1, 0.15) is 29.5 Å². The lowest BCUT2D eigenvalue weighted by molar-refractivity contribution is -0.157. The molecular weight excluding hydrogens is 394 g/mol. The molecule has 0 amide bonds. The van der Waals surface area contributed by atoms with E-state index in [1.165, 1.54) is 0 Å². The van der Waals surface area contributed by atoms with Crippen molar-refractivity contribution in [3.05, 3.63) is 53.2 Å². The van der Waals surface area contributed by atoms with Crippen LogP contribution in [0.3, 0.4) is 0 Å². The fourth-order valence-electron chi connectivity index (χ4n) is 3.34. The van der Waals surface area contributed by atoms with E-state index in [-0.39, 0.29) is 0 Å². The van der Waals surface area contributed by atoms with Crippen LogP contribution in [0.4, 0.5) is 0 Å². The predicted octanol–water partition coefficient (Wildman–Crippen LogP) is 0.641. The Morgan fingerprint density at radius 3 is 2.83 bits per heavy atom. The molecule has 1 fully saturated rings. The maximum atomic E-state index is 12.4. The first-order chi connectivity index (χ1) is 14.3. The van der Waals surface area contributed by atoms with Crippen LogP contribution >= 0.6 is 0 Å². The Morgan fingerprint density at radius 1 is 1.30 bits per heavy atom. The third-order valence-electron chi connectivity index (χ3n) is 5.14. The van der Waals surface area contributed by atoms with E-state index < -0.39 is 48.6 Å². The molecule has 1 saturated heterocycles. The lowest BCUT2D eigenvalue weighted by Crippen LogP contribution is -2.38. The van der Waals surface area contributed by atoms with Crippen molar-refractivity contribution in [2.45, 2.75) is 37.6 Å². The molecule has 9 heteroatoms. The number of aliphatic hydroxyl groups excluding tert-OH is 2. The standard InChI is InChI=1S/C21H19NO8/c1-10(20(26)28-9-14(23)18-16(24)17(25)21(27)30-18)11-4-5-12-7-13-3-2-6-22-19(13)29-15(12)8-11/h2-6,8,10,14,17-18,23,25H,7,9H2,1H3/t10?,14-,17?,18+/m0/s1. The van der Waals surface area contributed by atoms with Gasteiger partial charge < -0.3 is 24.4 Å². The largest absolute Gasteiger partial charge is 0.462 e. The quantitative estimate of drug-likeness (QED) is 0.457. The molecule has 4 rings (SSSR count). The molecule has 1 aromatic heterocycles. The second-order valence-electron chi connectivity index (χ2n) is 7.20. The molecule has 0 spiro atoms. The summed E-state index contributed by atoms with van der Waals surface area (Å²) >= 11 is 0. The molecule has 1 aromatic carbocycles. The van der Waals surface area contributed by atoms with Crippen LogP contribution in [0.25, 0.3) is 0 Å². The van der Waals surface area contributed by atoms with E-state index in [4.69, 9.17) is 9.47 Å². The zero-order valence-corrected chi connectivity index (χ0v) is 16.0. The number of Topliss-reactive ketones (excluding diaryl/α,β-unsaturated/α-hetero) is 1. The Bertz CT molecular complexity index is 1020. The summed E-state index contributed by atoms with van der Waals surface area (Å²) in [6.07, 6.45) is -2.73. The molecule has 0 saturated carbocycles. The number of ether oxygens (including phenoxy) is 3. The van der Waals surface area contributed by atoms with E-state index in [0.717, 1.165) is 11.1 Å². The van der Waals surface area contributed by atoms with Gasteiger partial charge in [-0.05, 0) is 30.2 Å². The Balaban J connectivity index is 1.39. The van der Waals surface area contributed by atoms with Gasteiger partial charge in [0.1, 0.15) is 18.5 Å². The summed E-state index contributed by atoms with van der Waals surface area (Å²) in [5.74, 6) is -2.27. The number of fused-ring (bicyclic) bond motifs is 2. The maximum Gasteiger partial charge on any atom is 0.343 e. The molecule has 2 aliphatic rings. The Morgan fingerprint density at radius 2 is 2.10 bits per heavy atom. The summed E-state index contributed by atoms with van der Waals surface area (Å²) in [4.78, 5) is 39.5. The Labute approximate surface area is 171 Å². The number of hydrogen-bond acceptors (Lipinski definition) is 9. The first kappa shape index (κ1) is 20.0. The van der Waals surface area contributed by atoms with Gasteiger partial charge in [0.05, 0.1) is 5.92 Å². The molecule has 4 atom stereocenters. The van der Waals surface area contributed by atoms with Crippen molar-refractivity contribution in [2.24, 2.45) is 0 Å². The number of ketones is 1. The molecule has 2 N–H and O–H groups in total. The van der Waals surface area contributed by atoms with Crippen LogP contribution in [0, 0.1) is 0 Å². The third-order valence-corrected chi connectivity index (χ3v) is 5.14. The molecule has 2 aromatic rings. The molecule has 0 bridgehead atoms. The zero-order chi connectivity index (χ0) is 21.4. The fourth-order valence-corrected chi connectivity index (χ4v) is 3.34. The van der Waals surface area contributed by atoms with Crippen molar-refractivity contribution in [1.29, 1.82) is 0 Å².